The molecular weight excluding hydrogens is 417 g/mol. The van der Waals surface area contributed by atoms with Gasteiger partial charge < -0.3 is 25.1 Å². The smallest absolute Gasteiger partial charge is 0.238 e. The number of ether oxygens (including phenoxy) is 2. The number of halogens is 1. The molecule has 2 aromatic carbocycles. The average molecular weight is 450 g/mol. The third-order valence-corrected chi connectivity index (χ3v) is 6.81. The summed E-state index contributed by atoms with van der Waals surface area (Å²) in [4.78, 5) is 0. The molecule has 2 aliphatic rings. The molecule has 1 aromatic heterocycles. The highest BCUT2D eigenvalue weighted by Crippen LogP contribution is 2.55. The van der Waals surface area contributed by atoms with Crippen LogP contribution in [0, 0.1) is 5.82 Å². The van der Waals surface area contributed by atoms with E-state index in [0.717, 1.165) is 52.2 Å². The fourth-order valence-corrected chi connectivity index (χ4v) is 4.92. The molecule has 5 rings (SSSR count). The molecule has 1 fully saturated rings. The molecule has 1 unspecified atom stereocenters. The normalized spacial score (nSPS) is 18.5. The summed E-state index contributed by atoms with van der Waals surface area (Å²) in [6, 6.07) is 11.7. The molecule has 1 atom stereocenters. The molecule has 0 spiro atoms. The van der Waals surface area contributed by atoms with Crippen LogP contribution in [0.2, 0.25) is 0 Å². The van der Waals surface area contributed by atoms with Gasteiger partial charge in [0.15, 0.2) is 11.5 Å². The van der Waals surface area contributed by atoms with Gasteiger partial charge in [0.05, 0.1) is 11.2 Å². The third-order valence-electron chi connectivity index (χ3n) is 6.81. The minimum atomic E-state index is -0.296. The molecule has 174 valence electrons. The van der Waals surface area contributed by atoms with E-state index in [9.17, 15) is 0 Å². The lowest BCUT2D eigenvalue weighted by Gasteiger charge is -2.22. The molecule has 1 saturated carbocycles. The van der Waals surface area contributed by atoms with E-state index >= 15 is 4.39 Å². The van der Waals surface area contributed by atoms with Crippen LogP contribution in [0.3, 0.4) is 0 Å². The van der Waals surface area contributed by atoms with Gasteiger partial charge in [-0.25, -0.2) is 4.39 Å². The lowest BCUT2D eigenvalue weighted by Crippen LogP contribution is -2.20. The highest BCUT2D eigenvalue weighted by Gasteiger charge is 2.48. The number of nitrogens with one attached hydrogen (secondary N) is 1. The predicted molar refractivity (Wildman–Crippen MR) is 130 cm³/mol. The Balaban J connectivity index is 1.46. The van der Waals surface area contributed by atoms with Crippen LogP contribution in [0.5, 0.6) is 11.5 Å². The van der Waals surface area contributed by atoms with Crippen molar-refractivity contribution in [2.45, 2.75) is 64.2 Å². The van der Waals surface area contributed by atoms with E-state index in [2.05, 4.69) is 49.4 Å². The maximum absolute atomic E-state index is 15.3. The second-order valence-electron chi connectivity index (χ2n) is 10.3. The molecule has 2 heterocycles. The lowest BCUT2D eigenvalue weighted by atomic mass is 9.92. The Morgan fingerprint density at radius 3 is 2.58 bits per heavy atom. The molecule has 0 radical (unpaired) electrons. The first-order valence-corrected chi connectivity index (χ1v) is 11.6. The van der Waals surface area contributed by atoms with Crippen LogP contribution in [0.4, 0.5) is 10.1 Å². The fraction of sp³-hybridized carbons (Fsp3) is 0.407. The van der Waals surface area contributed by atoms with Crippen molar-refractivity contribution in [1.29, 1.82) is 0 Å². The number of fused-ring (bicyclic) bond motifs is 2. The molecule has 3 aromatic rings. The second-order valence-corrected chi connectivity index (χ2v) is 10.3. The number of rotatable bonds is 6. The van der Waals surface area contributed by atoms with E-state index in [1.54, 1.807) is 6.07 Å². The standard InChI is InChI=1S/C27H32FN3O2/c1-16(27(8-9-27)19-6-7-23-24(14-19)33-17(2)32-23)30-21-12-18-13-25(26(3,4)5)31(11-10-29)22(18)15-20(21)28/h6-7,12-15,17,30H,1,8-11,29H2,2-5H3. The van der Waals surface area contributed by atoms with E-state index < -0.39 is 0 Å². The molecule has 6 heteroatoms. The Bertz CT molecular complexity index is 1250. The SMILES string of the molecule is C=C(Nc1cc2cc(C(C)(C)C)n(CCN)c2cc1F)C1(c2ccc3c(c2)OC(C)O3)CC1. The summed E-state index contributed by atoms with van der Waals surface area (Å²) in [5.74, 6) is 1.21. The number of nitrogens with two attached hydrogens (primary N) is 1. The first kappa shape index (κ1) is 21.8. The third kappa shape index (κ3) is 3.66. The summed E-state index contributed by atoms with van der Waals surface area (Å²) in [7, 11) is 0. The molecule has 1 aliphatic carbocycles. The molecule has 33 heavy (non-hydrogen) atoms. The topological polar surface area (TPSA) is 61.4 Å². The van der Waals surface area contributed by atoms with Crippen LogP contribution >= 0.6 is 0 Å². The highest BCUT2D eigenvalue weighted by atomic mass is 19.1. The summed E-state index contributed by atoms with van der Waals surface area (Å²) in [5.41, 5.74) is 9.92. The van der Waals surface area contributed by atoms with Crippen molar-refractivity contribution in [3.63, 3.8) is 0 Å². The highest BCUT2D eigenvalue weighted by molar-refractivity contribution is 5.86. The molecule has 3 N–H and O–H groups in total. The Morgan fingerprint density at radius 1 is 1.18 bits per heavy atom. The molecule has 0 bridgehead atoms. The predicted octanol–water partition coefficient (Wildman–Crippen LogP) is 5.81. The van der Waals surface area contributed by atoms with Gasteiger partial charge in [-0.05, 0) is 42.7 Å². The maximum Gasteiger partial charge on any atom is 0.238 e. The van der Waals surface area contributed by atoms with Gasteiger partial charge in [0.2, 0.25) is 6.29 Å². The summed E-state index contributed by atoms with van der Waals surface area (Å²) >= 11 is 0. The van der Waals surface area contributed by atoms with Gasteiger partial charge in [-0.2, -0.15) is 0 Å². The fourth-order valence-electron chi connectivity index (χ4n) is 4.92. The zero-order valence-corrected chi connectivity index (χ0v) is 19.8. The maximum atomic E-state index is 15.3. The summed E-state index contributed by atoms with van der Waals surface area (Å²) in [5, 5.41) is 4.30. The number of benzene rings is 2. The number of allylic oxidation sites excluding steroid dienone is 1. The minimum Gasteiger partial charge on any atom is -0.451 e. The molecular formula is C27H32FN3O2. The van der Waals surface area contributed by atoms with Crippen molar-refractivity contribution in [2.75, 3.05) is 11.9 Å². The van der Waals surface area contributed by atoms with Gasteiger partial charge in [0.25, 0.3) is 0 Å². The Kier molecular flexibility index (Phi) is 4.98. The van der Waals surface area contributed by atoms with Crippen LogP contribution in [-0.2, 0) is 17.4 Å². The van der Waals surface area contributed by atoms with Crippen LogP contribution in [0.1, 0.15) is 51.8 Å². The van der Waals surface area contributed by atoms with Crippen LogP contribution in [0.15, 0.2) is 48.7 Å². The van der Waals surface area contributed by atoms with Crippen molar-refractivity contribution in [3.8, 4) is 11.5 Å². The van der Waals surface area contributed by atoms with E-state index in [0.29, 0.717) is 18.8 Å². The Labute approximate surface area is 194 Å². The zero-order chi connectivity index (χ0) is 23.5. The zero-order valence-electron chi connectivity index (χ0n) is 19.8. The van der Waals surface area contributed by atoms with Gasteiger partial charge >= 0.3 is 0 Å². The summed E-state index contributed by atoms with van der Waals surface area (Å²) in [6.45, 7) is 13.8. The van der Waals surface area contributed by atoms with Crippen molar-refractivity contribution in [1.82, 2.24) is 4.57 Å². The van der Waals surface area contributed by atoms with Gasteiger partial charge in [0, 0.05) is 53.7 Å². The van der Waals surface area contributed by atoms with Gasteiger partial charge in [-0.3, -0.25) is 0 Å². The first-order valence-electron chi connectivity index (χ1n) is 11.6. The summed E-state index contributed by atoms with van der Waals surface area (Å²) < 4.78 is 28.8. The molecule has 0 amide bonds. The van der Waals surface area contributed by atoms with Crippen LogP contribution < -0.4 is 20.5 Å². The van der Waals surface area contributed by atoms with Crippen LogP contribution in [0.25, 0.3) is 10.9 Å². The van der Waals surface area contributed by atoms with Gasteiger partial charge in [0.1, 0.15) is 5.82 Å². The van der Waals surface area contributed by atoms with Crippen molar-refractivity contribution >= 4 is 16.6 Å². The Morgan fingerprint density at radius 2 is 1.91 bits per heavy atom. The van der Waals surface area contributed by atoms with E-state index in [-0.39, 0.29) is 22.9 Å². The van der Waals surface area contributed by atoms with Crippen LogP contribution in [-0.4, -0.2) is 17.4 Å². The molecule has 0 saturated heterocycles. The van der Waals surface area contributed by atoms with E-state index in [1.165, 1.54) is 0 Å². The van der Waals surface area contributed by atoms with E-state index in [4.69, 9.17) is 15.2 Å². The number of hydrogen-bond donors (Lipinski definition) is 2. The Hall–Kier alpha value is -2.99. The molecule has 1 aliphatic heterocycles. The number of nitrogens with zero attached hydrogens (tertiary/aromatic N) is 1. The summed E-state index contributed by atoms with van der Waals surface area (Å²) in [6.07, 6.45) is 1.63. The second kappa shape index (κ2) is 7.52. The van der Waals surface area contributed by atoms with Crippen molar-refractivity contribution in [3.05, 3.63) is 65.7 Å². The number of hydrogen-bond acceptors (Lipinski definition) is 4. The molecule has 5 nitrogen and oxygen atoms in total. The largest absolute Gasteiger partial charge is 0.451 e. The monoisotopic (exact) mass is 449 g/mol. The van der Waals surface area contributed by atoms with Gasteiger partial charge in [-0.1, -0.05) is 33.4 Å². The van der Waals surface area contributed by atoms with E-state index in [1.807, 2.05) is 25.1 Å². The van der Waals surface area contributed by atoms with Gasteiger partial charge in [-0.15, -0.1) is 0 Å². The first-order chi connectivity index (χ1) is 15.6. The average Bonchev–Trinajstić information content (AvgIpc) is 3.36. The van der Waals surface area contributed by atoms with Crippen molar-refractivity contribution < 1.29 is 13.9 Å². The lowest BCUT2D eigenvalue weighted by molar-refractivity contribution is 0.0678. The van der Waals surface area contributed by atoms with Crippen molar-refractivity contribution in [2.24, 2.45) is 5.73 Å². The number of anilines is 1. The minimum absolute atomic E-state index is 0.0726. The quantitative estimate of drug-likeness (QED) is 0.498. The number of aromatic nitrogens is 1.